The standard InChI is InChI=1S/C21H27N3O4/c25-21(28-17-18-10-4-3-5-11-18)23-15-9-2-1-8-14-22-16-19-12-6-7-13-20(19)24(26)27/h3-7,10-13,22H,1-2,8-9,14-17H2,(H,23,25). The van der Waals surface area contributed by atoms with Gasteiger partial charge in [-0.3, -0.25) is 10.1 Å². The summed E-state index contributed by atoms with van der Waals surface area (Å²) in [6, 6.07) is 16.3. The number of rotatable bonds is 12. The van der Waals surface area contributed by atoms with Gasteiger partial charge in [0.1, 0.15) is 6.61 Å². The van der Waals surface area contributed by atoms with E-state index in [4.69, 9.17) is 4.74 Å². The Morgan fingerprint density at radius 3 is 2.36 bits per heavy atom. The van der Waals surface area contributed by atoms with Crippen LogP contribution in [0, 0.1) is 10.1 Å². The summed E-state index contributed by atoms with van der Waals surface area (Å²) in [7, 11) is 0. The van der Waals surface area contributed by atoms with Gasteiger partial charge in [0, 0.05) is 24.7 Å². The molecule has 2 aromatic rings. The van der Waals surface area contributed by atoms with Crippen molar-refractivity contribution in [2.24, 2.45) is 0 Å². The zero-order valence-electron chi connectivity index (χ0n) is 15.9. The smallest absolute Gasteiger partial charge is 0.407 e. The number of alkyl carbamates (subject to hydrolysis) is 1. The molecule has 2 N–H and O–H groups in total. The predicted octanol–water partition coefficient (Wildman–Crippen LogP) is 4.17. The molecule has 0 fully saturated rings. The molecule has 2 rings (SSSR count). The maximum Gasteiger partial charge on any atom is 0.407 e. The lowest BCUT2D eigenvalue weighted by Crippen LogP contribution is -2.25. The minimum atomic E-state index is -0.394. The summed E-state index contributed by atoms with van der Waals surface area (Å²) < 4.78 is 5.15. The van der Waals surface area contributed by atoms with E-state index in [0.717, 1.165) is 37.8 Å². The van der Waals surface area contributed by atoms with Gasteiger partial charge in [0.05, 0.1) is 4.92 Å². The molecule has 0 aliphatic rings. The van der Waals surface area contributed by atoms with Crippen LogP contribution in [0.3, 0.4) is 0 Å². The van der Waals surface area contributed by atoms with Crippen LogP contribution in [0.15, 0.2) is 54.6 Å². The number of hydrogen-bond acceptors (Lipinski definition) is 5. The average molecular weight is 385 g/mol. The quantitative estimate of drug-likeness (QED) is 0.325. The second-order valence-electron chi connectivity index (χ2n) is 6.47. The SMILES string of the molecule is O=C(NCCCCCCNCc1ccccc1[N+](=O)[O-])OCc1ccccc1. The number of unbranched alkanes of at least 4 members (excludes halogenated alkanes) is 3. The molecule has 0 saturated heterocycles. The molecule has 7 nitrogen and oxygen atoms in total. The molecule has 0 spiro atoms. The Balaban J connectivity index is 1.45. The number of benzene rings is 2. The lowest BCUT2D eigenvalue weighted by Gasteiger charge is -2.07. The molecule has 28 heavy (non-hydrogen) atoms. The van der Waals surface area contributed by atoms with Crippen LogP contribution in [0.5, 0.6) is 0 Å². The first kappa shape index (κ1) is 21.4. The third-order valence-electron chi connectivity index (χ3n) is 4.27. The first-order valence-electron chi connectivity index (χ1n) is 9.54. The van der Waals surface area contributed by atoms with E-state index in [1.165, 1.54) is 6.07 Å². The summed E-state index contributed by atoms with van der Waals surface area (Å²) in [5.74, 6) is 0. The Labute approximate surface area is 165 Å². The normalized spacial score (nSPS) is 10.4. The summed E-state index contributed by atoms with van der Waals surface area (Å²) in [6.45, 7) is 2.17. The molecule has 0 aliphatic heterocycles. The molecular formula is C21H27N3O4. The number of hydrogen-bond donors (Lipinski definition) is 2. The molecule has 0 aromatic heterocycles. The van der Waals surface area contributed by atoms with E-state index in [1.807, 2.05) is 36.4 Å². The van der Waals surface area contributed by atoms with Gasteiger partial charge in [-0.1, -0.05) is 61.4 Å². The third-order valence-corrected chi connectivity index (χ3v) is 4.27. The summed E-state index contributed by atoms with van der Waals surface area (Å²) in [4.78, 5) is 22.2. The fourth-order valence-corrected chi connectivity index (χ4v) is 2.75. The van der Waals surface area contributed by atoms with Crippen LogP contribution < -0.4 is 10.6 Å². The molecule has 0 heterocycles. The molecule has 0 aliphatic carbocycles. The number of amides is 1. The average Bonchev–Trinajstić information content (AvgIpc) is 2.72. The molecule has 7 heteroatoms. The van der Waals surface area contributed by atoms with Crippen LogP contribution in [0.25, 0.3) is 0 Å². The van der Waals surface area contributed by atoms with E-state index in [-0.39, 0.29) is 17.2 Å². The van der Waals surface area contributed by atoms with Crippen LogP contribution in [-0.4, -0.2) is 24.1 Å². The number of nitro groups is 1. The molecule has 0 atom stereocenters. The third kappa shape index (κ3) is 8.18. The molecule has 1 amide bonds. The van der Waals surface area contributed by atoms with Gasteiger partial charge >= 0.3 is 6.09 Å². The molecular weight excluding hydrogens is 358 g/mol. The molecule has 0 bridgehead atoms. The van der Waals surface area contributed by atoms with E-state index in [1.54, 1.807) is 12.1 Å². The van der Waals surface area contributed by atoms with E-state index < -0.39 is 6.09 Å². The topological polar surface area (TPSA) is 93.5 Å². The monoisotopic (exact) mass is 385 g/mol. The van der Waals surface area contributed by atoms with Crippen molar-refractivity contribution >= 4 is 11.8 Å². The van der Waals surface area contributed by atoms with Gasteiger partial charge in [0.15, 0.2) is 0 Å². The first-order valence-corrected chi connectivity index (χ1v) is 9.54. The Morgan fingerprint density at radius 1 is 0.929 bits per heavy atom. The number of carbonyl (C=O) groups excluding carboxylic acids is 1. The molecule has 0 radical (unpaired) electrons. The van der Waals surface area contributed by atoms with Crippen molar-refractivity contribution in [3.63, 3.8) is 0 Å². The Bertz CT molecular complexity index is 737. The van der Waals surface area contributed by atoms with Gasteiger partial charge < -0.3 is 15.4 Å². The molecule has 2 aromatic carbocycles. The highest BCUT2D eigenvalue weighted by Gasteiger charge is 2.11. The number of nitro benzene ring substituents is 1. The van der Waals surface area contributed by atoms with E-state index >= 15 is 0 Å². The highest BCUT2D eigenvalue weighted by atomic mass is 16.6. The van der Waals surface area contributed by atoms with Crippen LogP contribution in [0.1, 0.15) is 36.8 Å². The van der Waals surface area contributed by atoms with Gasteiger partial charge in [-0.25, -0.2) is 4.79 Å². The number of nitrogens with one attached hydrogen (secondary N) is 2. The van der Waals surface area contributed by atoms with Gasteiger partial charge in [-0.15, -0.1) is 0 Å². The number of para-hydroxylation sites is 1. The predicted molar refractivity (Wildman–Crippen MR) is 108 cm³/mol. The van der Waals surface area contributed by atoms with Crippen molar-refractivity contribution in [3.05, 3.63) is 75.8 Å². The van der Waals surface area contributed by atoms with Crippen molar-refractivity contribution in [3.8, 4) is 0 Å². The van der Waals surface area contributed by atoms with Crippen molar-refractivity contribution < 1.29 is 14.5 Å². The molecule has 0 unspecified atom stereocenters. The fourth-order valence-electron chi connectivity index (χ4n) is 2.75. The number of carbonyl (C=O) groups is 1. The Kier molecular flexibility index (Phi) is 9.51. The van der Waals surface area contributed by atoms with Gasteiger partial charge in [0.2, 0.25) is 0 Å². The Hall–Kier alpha value is -2.93. The maximum absolute atomic E-state index is 11.6. The second kappa shape index (κ2) is 12.5. The summed E-state index contributed by atoms with van der Waals surface area (Å²) in [5, 5.41) is 17.0. The Morgan fingerprint density at radius 2 is 1.61 bits per heavy atom. The maximum atomic E-state index is 11.6. The highest BCUT2D eigenvalue weighted by Crippen LogP contribution is 2.17. The van der Waals surface area contributed by atoms with Gasteiger partial charge in [-0.2, -0.15) is 0 Å². The van der Waals surface area contributed by atoms with Crippen LogP contribution >= 0.6 is 0 Å². The first-order chi connectivity index (χ1) is 13.7. The minimum absolute atomic E-state index is 0.153. The van der Waals surface area contributed by atoms with Crippen LogP contribution in [0.2, 0.25) is 0 Å². The molecule has 0 saturated carbocycles. The van der Waals surface area contributed by atoms with Crippen molar-refractivity contribution in [2.45, 2.75) is 38.8 Å². The molecule has 150 valence electrons. The van der Waals surface area contributed by atoms with Crippen LogP contribution in [-0.2, 0) is 17.9 Å². The van der Waals surface area contributed by atoms with Gasteiger partial charge in [-0.05, 0) is 24.9 Å². The van der Waals surface area contributed by atoms with Crippen molar-refractivity contribution in [1.29, 1.82) is 0 Å². The minimum Gasteiger partial charge on any atom is -0.445 e. The van der Waals surface area contributed by atoms with Crippen molar-refractivity contribution in [1.82, 2.24) is 10.6 Å². The number of ether oxygens (including phenoxy) is 1. The fraction of sp³-hybridized carbons (Fsp3) is 0.381. The second-order valence-corrected chi connectivity index (χ2v) is 6.47. The summed E-state index contributed by atoms with van der Waals surface area (Å²) >= 11 is 0. The van der Waals surface area contributed by atoms with Crippen molar-refractivity contribution in [2.75, 3.05) is 13.1 Å². The van der Waals surface area contributed by atoms with E-state index in [9.17, 15) is 14.9 Å². The van der Waals surface area contributed by atoms with Crippen LogP contribution in [0.4, 0.5) is 10.5 Å². The van der Waals surface area contributed by atoms with E-state index in [0.29, 0.717) is 18.7 Å². The lowest BCUT2D eigenvalue weighted by molar-refractivity contribution is -0.385. The highest BCUT2D eigenvalue weighted by molar-refractivity contribution is 5.67. The summed E-state index contributed by atoms with van der Waals surface area (Å²) in [5.41, 5.74) is 1.82. The van der Waals surface area contributed by atoms with E-state index in [2.05, 4.69) is 10.6 Å². The number of nitrogens with zero attached hydrogens (tertiary/aromatic N) is 1. The zero-order chi connectivity index (χ0) is 20.0. The zero-order valence-corrected chi connectivity index (χ0v) is 15.9. The lowest BCUT2D eigenvalue weighted by atomic mass is 10.1. The summed E-state index contributed by atoms with van der Waals surface area (Å²) in [6.07, 6.45) is 3.52. The largest absolute Gasteiger partial charge is 0.445 e. The van der Waals surface area contributed by atoms with Gasteiger partial charge in [0.25, 0.3) is 5.69 Å².